The molecule has 0 saturated carbocycles. The van der Waals surface area contributed by atoms with Gasteiger partial charge < -0.3 is 15.2 Å². The van der Waals surface area contributed by atoms with Gasteiger partial charge in [-0.15, -0.1) is 0 Å². The average molecular weight is 526 g/mol. The second-order valence-corrected chi connectivity index (χ2v) is 9.20. The normalized spacial score (nSPS) is 15.7. The van der Waals surface area contributed by atoms with Gasteiger partial charge in [-0.05, 0) is 50.8 Å². The summed E-state index contributed by atoms with van der Waals surface area (Å²) in [6, 6.07) is 8.40. The quantitative estimate of drug-likeness (QED) is 0.322. The number of carbonyl (C=O) groups is 1. The number of hydrogen-bond donors (Lipinski definition) is 1. The number of hydrogen-bond acceptors (Lipinski definition) is 7. The van der Waals surface area contributed by atoms with Gasteiger partial charge in [0.15, 0.2) is 17.9 Å². The molecule has 0 radical (unpaired) electrons. The first-order valence-corrected chi connectivity index (χ1v) is 12.0. The number of imidazole rings is 1. The minimum atomic E-state index is -3.16. The summed E-state index contributed by atoms with van der Waals surface area (Å²) in [7, 11) is 3.67. The number of halogens is 3. The number of nitrogens with zero attached hydrogens (tertiary/aromatic N) is 4. The summed E-state index contributed by atoms with van der Waals surface area (Å²) in [5.74, 6) is -0.0904. The Bertz CT molecular complexity index is 1520. The number of benzene rings is 2. The summed E-state index contributed by atoms with van der Waals surface area (Å²) in [5.41, 5.74) is 7.56. The molecule has 198 valence electrons. The lowest BCUT2D eigenvalue weighted by molar-refractivity contribution is -0.0498. The van der Waals surface area contributed by atoms with Gasteiger partial charge in [0.05, 0.1) is 17.6 Å². The molecular formula is C27H26F3N5O3. The number of rotatable bonds is 8. The van der Waals surface area contributed by atoms with E-state index in [9.17, 15) is 13.6 Å². The zero-order valence-electron chi connectivity index (χ0n) is 21.0. The second-order valence-electron chi connectivity index (χ2n) is 9.20. The van der Waals surface area contributed by atoms with E-state index in [0.29, 0.717) is 35.5 Å². The van der Waals surface area contributed by atoms with Crippen molar-refractivity contribution in [3.63, 3.8) is 0 Å². The van der Waals surface area contributed by atoms with Crippen LogP contribution in [0.2, 0.25) is 0 Å². The number of nitrogens with two attached hydrogens (primary N) is 1. The van der Waals surface area contributed by atoms with Crippen LogP contribution in [0.15, 0.2) is 42.6 Å². The molecule has 0 aliphatic carbocycles. The Morgan fingerprint density at radius 2 is 2.08 bits per heavy atom. The molecule has 2 unspecified atom stereocenters. The standard InChI is InChI=1S/C27H26F3N5O3/c1-4-19(34(2)3)26-33-18-9-8-16(15-10-21-23(32-11-15)17(31)13-37-21)22(28)25(18)35(26)24-14(12-36)6-5-7-20(24)38-27(29)30/h5-12,17,19,27H,4,13,31H2,1-3H3. The molecule has 0 saturated heterocycles. The van der Waals surface area contributed by atoms with Crippen LogP contribution in [0, 0.1) is 5.82 Å². The minimum Gasteiger partial charge on any atom is -0.490 e. The predicted octanol–water partition coefficient (Wildman–Crippen LogP) is 5.05. The molecule has 38 heavy (non-hydrogen) atoms. The summed E-state index contributed by atoms with van der Waals surface area (Å²) in [4.78, 5) is 23.0. The van der Waals surface area contributed by atoms with Crippen LogP contribution < -0.4 is 15.2 Å². The van der Waals surface area contributed by atoms with E-state index in [1.165, 1.54) is 29.0 Å². The Hall–Kier alpha value is -3.96. The fraction of sp³-hybridized carbons (Fsp3) is 0.296. The lowest BCUT2D eigenvalue weighted by atomic mass is 10.0. The molecule has 2 aromatic heterocycles. The maximum Gasteiger partial charge on any atom is 0.387 e. The largest absolute Gasteiger partial charge is 0.490 e. The van der Waals surface area contributed by atoms with Crippen molar-refractivity contribution in [3.8, 4) is 28.3 Å². The molecule has 2 N–H and O–H groups in total. The summed E-state index contributed by atoms with van der Waals surface area (Å²) in [5, 5.41) is 0. The Kier molecular flexibility index (Phi) is 6.80. The van der Waals surface area contributed by atoms with Gasteiger partial charge in [-0.2, -0.15) is 8.78 Å². The highest BCUT2D eigenvalue weighted by molar-refractivity contribution is 5.90. The number of para-hydroxylation sites is 1. The Morgan fingerprint density at radius 3 is 2.76 bits per heavy atom. The number of carbonyl (C=O) groups excluding carboxylic acids is 1. The zero-order chi connectivity index (χ0) is 27.1. The molecule has 0 bridgehead atoms. The van der Waals surface area contributed by atoms with E-state index in [4.69, 9.17) is 20.2 Å². The lowest BCUT2D eigenvalue weighted by Gasteiger charge is -2.25. The molecule has 5 rings (SSSR count). The topological polar surface area (TPSA) is 95.5 Å². The van der Waals surface area contributed by atoms with E-state index in [1.54, 1.807) is 18.2 Å². The molecule has 8 nitrogen and oxygen atoms in total. The molecule has 1 aliphatic heterocycles. The number of aldehydes is 1. The van der Waals surface area contributed by atoms with Crippen LogP contribution in [-0.4, -0.2) is 53.0 Å². The third kappa shape index (κ3) is 4.27. The fourth-order valence-electron chi connectivity index (χ4n) is 4.92. The van der Waals surface area contributed by atoms with Gasteiger partial charge in [-0.25, -0.2) is 9.37 Å². The van der Waals surface area contributed by atoms with Crippen LogP contribution in [0.4, 0.5) is 13.2 Å². The van der Waals surface area contributed by atoms with Crippen LogP contribution in [0.3, 0.4) is 0 Å². The molecule has 4 aromatic rings. The second kappa shape index (κ2) is 10.1. The fourth-order valence-corrected chi connectivity index (χ4v) is 4.92. The van der Waals surface area contributed by atoms with Crippen molar-refractivity contribution in [1.82, 2.24) is 19.4 Å². The van der Waals surface area contributed by atoms with E-state index in [2.05, 4.69) is 4.98 Å². The first-order chi connectivity index (χ1) is 18.2. The summed E-state index contributed by atoms with van der Waals surface area (Å²) in [6.45, 7) is -0.949. The van der Waals surface area contributed by atoms with Crippen molar-refractivity contribution in [2.75, 3.05) is 20.7 Å². The Labute approximate surface area is 216 Å². The molecule has 11 heteroatoms. The van der Waals surface area contributed by atoms with E-state index < -0.39 is 12.4 Å². The molecule has 0 spiro atoms. The van der Waals surface area contributed by atoms with Gasteiger partial charge in [-0.3, -0.25) is 19.2 Å². The molecule has 2 aromatic carbocycles. The van der Waals surface area contributed by atoms with Gasteiger partial charge in [0, 0.05) is 22.9 Å². The first kappa shape index (κ1) is 25.7. The number of pyridine rings is 1. The summed E-state index contributed by atoms with van der Waals surface area (Å²) < 4.78 is 55.1. The third-order valence-corrected chi connectivity index (χ3v) is 6.65. The van der Waals surface area contributed by atoms with Crippen LogP contribution in [0.1, 0.15) is 47.3 Å². The SMILES string of the molecule is CCC(c1nc2ccc(-c3cnc4c(c3)OCC4N)c(F)c2n1-c1c(C=O)cccc1OC(F)F)N(C)C. The highest BCUT2D eigenvalue weighted by Crippen LogP contribution is 2.40. The molecule has 2 atom stereocenters. The van der Waals surface area contributed by atoms with Gasteiger partial charge in [0.25, 0.3) is 0 Å². The number of alkyl halides is 2. The van der Waals surface area contributed by atoms with Crippen molar-refractivity contribution >= 4 is 17.3 Å². The molecule has 0 fully saturated rings. The Balaban J connectivity index is 1.83. The van der Waals surface area contributed by atoms with E-state index in [1.807, 2.05) is 25.9 Å². The predicted molar refractivity (Wildman–Crippen MR) is 135 cm³/mol. The zero-order valence-corrected chi connectivity index (χ0v) is 21.0. The van der Waals surface area contributed by atoms with Crippen LogP contribution in [0.25, 0.3) is 27.8 Å². The highest BCUT2D eigenvalue weighted by Gasteiger charge is 2.29. The maximum absolute atomic E-state index is 16.5. The minimum absolute atomic E-state index is 0.0157. The molecule has 0 amide bonds. The smallest absolute Gasteiger partial charge is 0.387 e. The summed E-state index contributed by atoms with van der Waals surface area (Å²) >= 11 is 0. The monoisotopic (exact) mass is 525 g/mol. The lowest BCUT2D eigenvalue weighted by Crippen LogP contribution is -2.23. The van der Waals surface area contributed by atoms with E-state index >= 15 is 4.39 Å². The van der Waals surface area contributed by atoms with Crippen molar-refractivity contribution in [1.29, 1.82) is 0 Å². The van der Waals surface area contributed by atoms with Crippen molar-refractivity contribution < 1.29 is 27.4 Å². The van der Waals surface area contributed by atoms with E-state index in [0.717, 1.165) is 0 Å². The van der Waals surface area contributed by atoms with Crippen LogP contribution in [-0.2, 0) is 0 Å². The van der Waals surface area contributed by atoms with Crippen LogP contribution in [0.5, 0.6) is 11.5 Å². The maximum atomic E-state index is 16.5. The molecular weight excluding hydrogens is 499 g/mol. The van der Waals surface area contributed by atoms with Gasteiger partial charge in [0.1, 0.15) is 35.1 Å². The van der Waals surface area contributed by atoms with Crippen molar-refractivity contribution in [2.45, 2.75) is 32.0 Å². The number of ether oxygens (including phenoxy) is 2. The van der Waals surface area contributed by atoms with E-state index in [-0.39, 0.29) is 52.3 Å². The van der Waals surface area contributed by atoms with Gasteiger partial charge in [0.2, 0.25) is 0 Å². The average Bonchev–Trinajstić information content (AvgIpc) is 3.44. The van der Waals surface area contributed by atoms with Gasteiger partial charge in [-0.1, -0.05) is 13.0 Å². The highest BCUT2D eigenvalue weighted by atomic mass is 19.3. The third-order valence-electron chi connectivity index (χ3n) is 6.65. The van der Waals surface area contributed by atoms with Crippen molar-refractivity contribution in [2.24, 2.45) is 5.73 Å². The van der Waals surface area contributed by atoms with Crippen molar-refractivity contribution in [3.05, 3.63) is 65.5 Å². The Morgan fingerprint density at radius 1 is 1.29 bits per heavy atom. The summed E-state index contributed by atoms with van der Waals surface area (Å²) in [6.07, 6.45) is 2.61. The number of fused-ring (bicyclic) bond motifs is 2. The first-order valence-electron chi connectivity index (χ1n) is 12.0. The molecule has 1 aliphatic rings. The van der Waals surface area contributed by atoms with Gasteiger partial charge >= 0.3 is 6.61 Å². The van der Waals surface area contributed by atoms with Crippen LogP contribution >= 0.6 is 0 Å². The molecule has 3 heterocycles. The number of aromatic nitrogens is 3.